The van der Waals surface area contributed by atoms with Gasteiger partial charge >= 0.3 is 0 Å². The second-order valence-electron chi connectivity index (χ2n) is 4.73. The summed E-state index contributed by atoms with van der Waals surface area (Å²) in [6, 6.07) is 6.42. The van der Waals surface area contributed by atoms with Crippen molar-refractivity contribution in [3.63, 3.8) is 0 Å². The van der Waals surface area contributed by atoms with Gasteiger partial charge in [0.05, 0.1) is 7.11 Å². The molecule has 1 aromatic carbocycles. The summed E-state index contributed by atoms with van der Waals surface area (Å²) < 4.78 is 5.52. The zero-order valence-electron chi connectivity index (χ0n) is 9.18. The van der Waals surface area contributed by atoms with Crippen LogP contribution in [0.4, 0.5) is 0 Å². The zero-order chi connectivity index (χ0) is 10.3. The van der Waals surface area contributed by atoms with Crippen molar-refractivity contribution >= 4 is 0 Å². The molecule has 1 aliphatic carbocycles. The first-order valence-corrected chi connectivity index (χ1v) is 5.73. The maximum atomic E-state index is 5.52. The van der Waals surface area contributed by atoms with Gasteiger partial charge in [-0.2, -0.15) is 0 Å². The fourth-order valence-electron chi connectivity index (χ4n) is 3.05. The first-order valence-electron chi connectivity index (χ1n) is 5.73. The van der Waals surface area contributed by atoms with E-state index in [4.69, 9.17) is 4.74 Å². The number of hydrogen-bond donors (Lipinski definition) is 1. The maximum Gasteiger partial charge on any atom is 0.122 e. The first kappa shape index (κ1) is 9.22. The second-order valence-corrected chi connectivity index (χ2v) is 4.73. The van der Waals surface area contributed by atoms with Crippen molar-refractivity contribution in [3.05, 3.63) is 29.3 Å². The average molecular weight is 203 g/mol. The van der Waals surface area contributed by atoms with Gasteiger partial charge in [0.25, 0.3) is 0 Å². The van der Waals surface area contributed by atoms with Gasteiger partial charge in [-0.15, -0.1) is 0 Å². The summed E-state index contributed by atoms with van der Waals surface area (Å²) in [6.45, 7) is 2.12. The van der Waals surface area contributed by atoms with Crippen molar-refractivity contribution in [2.75, 3.05) is 13.7 Å². The Morgan fingerprint density at radius 2 is 2.20 bits per heavy atom. The third-order valence-corrected chi connectivity index (χ3v) is 3.95. The molecule has 2 aliphatic rings. The Kier molecular flexibility index (Phi) is 1.99. The van der Waals surface area contributed by atoms with Gasteiger partial charge in [-0.05, 0) is 24.5 Å². The number of rotatable bonds is 1. The van der Waals surface area contributed by atoms with Crippen LogP contribution < -0.4 is 10.1 Å². The second kappa shape index (κ2) is 3.24. The molecular weight excluding hydrogens is 186 g/mol. The molecule has 80 valence electrons. The summed E-state index contributed by atoms with van der Waals surface area (Å²) in [7, 11) is 1.78. The van der Waals surface area contributed by atoms with E-state index in [-0.39, 0.29) is 0 Å². The Hall–Kier alpha value is -1.02. The van der Waals surface area contributed by atoms with E-state index in [1.807, 2.05) is 0 Å². The third kappa shape index (κ3) is 1.21. The van der Waals surface area contributed by atoms with E-state index in [9.17, 15) is 0 Å². The van der Waals surface area contributed by atoms with Crippen LogP contribution in [0.15, 0.2) is 18.2 Å². The highest BCUT2D eigenvalue weighted by Gasteiger charge is 2.43. The smallest absolute Gasteiger partial charge is 0.122 e. The van der Waals surface area contributed by atoms with Gasteiger partial charge in [-0.3, -0.25) is 0 Å². The van der Waals surface area contributed by atoms with E-state index in [0.29, 0.717) is 5.41 Å². The Bertz CT molecular complexity index is 368. The number of methoxy groups -OCH3 is 1. The summed E-state index contributed by atoms with van der Waals surface area (Å²) in [5.74, 6) is 1.09. The Labute approximate surface area is 90.6 Å². The van der Waals surface area contributed by atoms with Crippen molar-refractivity contribution in [2.24, 2.45) is 0 Å². The van der Waals surface area contributed by atoms with Gasteiger partial charge in [0, 0.05) is 24.1 Å². The predicted octanol–water partition coefficient (Wildman–Crippen LogP) is 2.22. The quantitative estimate of drug-likeness (QED) is 0.755. The molecule has 0 radical (unpaired) electrons. The molecule has 2 nitrogen and oxygen atoms in total. The minimum Gasteiger partial charge on any atom is -0.496 e. The largest absolute Gasteiger partial charge is 0.496 e. The molecule has 1 N–H and O–H groups in total. The van der Waals surface area contributed by atoms with Gasteiger partial charge in [0.15, 0.2) is 0 Å². The highest BCUT2D eigenvalue weighted by Crippen LogP contribution is 2.49. The molecule has 1 heterocycles. The summed E-state index contributed by atoms with van der Waals surface area (Å²) in [6.07, 6.45) is 3.99. The predicted molar refractivity (Wildman–Crippen MR) is 60.2 cm³/mol. The van der Waals surface area contributed by atoms with Crippen molar-refractivity contribution in [3.8, 4) is 5.75 Å². The van der Waals surface area contributed by atoms with Crippen molar-refractivity contribution in [2.45, 2.75) is 31.2 Å². The molecule has 0 bridgehead atoms. The summed E-state index contributed by atoms with van der Waals surface area (Å²) >= 11 is 0. The maximum absolute atomic E-state index is 5.52. The lowest BCUT2D eigenvalue weighted by atomic mass is 9.62. The van der Waals surface area contributed by atoms with Crippen LogP contribution in [0.5, 0.6) is 5.75 Å². The molecule has 0 aromatic heterocycles. The summed E-state index contributed by atoms with van der Waals surface area (Å²) in [4.78, 5) is 0. The number of hydrogen-bond acceptors (Lipinski definition) is 2. The van der Waals surface area contributed by atoms with Gasteiger partial charge in [-0.1, -0.05) is 18.6 Å². The number of nitrogens with one attached hydrogen (secondary N) is 1. The zero-order valence-corrected chi connectivity index (χ0v) is 9.18. The number of ether oxygens (including phenoxy) is 1. The highest BCUT2D eigenvalue weighted by molar-refractivity contribution is 5.48. The standard InChI is InChI=1S/C13H17NO/c1-15-11-5-2-4-10-8-14-9-13(12(10)11)6-3-7-13/h2,4-5,14H,3,6-9H2,1H3. The molecule has 15 heavy (non-hydrogen) atoms. The Morgan fingerprint density at radius 1 is 1.33 bits per heavy atom. The molecule has 1 aliphatic heterocycles. The molecule has 3 rings (SSSR count). The molecule has 1 aromatic rings. The van der Waals surface area contributed by atoms with E-state index >= 15 is 0 Å². The van der Waals surface area contributed by atoms with Crippen molar-refractivity contribution in [1.82, 2.24) is 5.32 Å². The van der Waals surface area contributed by atoms with Crippen molar-refractivity contribution < 1.29 is 4.74 Å². The molecule has 2 heteroatoms. The van der Waals surface area contributed by atoms with Crippen LogP contribution in [0.1, 0.15) is 30.4 Å². The molecule has 0 amide bonds. The first-order chi connectivity index (χ1) is 7.36. The van der Waals surface area contributed by atoms with Crippen LogP contribution in [0, 0.1) is 0 Å². The molecule has 1 saturated carbocycles. The van der Waals surface area contributed by atoms with E-state index < -0.39 is 0 Å². The molecule has 0 saturated heterocycles. The van der Waals surface area contributed by atoms with Crippen LogP contribution in [0.25, 0.3) is 0 Å². The molecule has 1 fully saturated rings. The minimum atomic E-state index is 0.389. The SMILES string of the molecule is COc1cccc2c1C1(CCC1)CNC2. The minimum absolute atomic E-state index is 0.389. The Balaban J connectivity index is 2.15. The number of benzene rings is 1. The fourth-order valence-corrected chi connectivity index (χ4v) is 3.05. The summed E-state index contributed by atoms with van der Waals surface area (Å²) in [5.41, 5.74) is 3.30. The van der Waals surface area contributed by atoms with Crippen LogP contribution in [0.3, 0.4) is 0 Å². The lowest BCUT2D eigenvalue weighted by Gasteiger charge is -2.47. The molecular formula is C13H17NO. The molecule has 0 unspecified atom stereocenters. The van der Waals surface area contributed by atoms with Crippen LogP contribution in [0.2, 0.25) is 0 Å². The van der Waals surface area contributed by atoms with Gasteiger partial charge in [0.1, 0.15) is 5.75 Å². The lowest BCUT2D eigenvalue weighted by molar-refractivity contribution is 0.211. The van der Waals surface area contributed by atoms with E-state index in [1.54, 1.807) is 7.11 Å². The number of fused-ring (bicyclic) bond motifs is 2. The fraction of sp³-hybridized carbons (Fsp3) is 0.538. The topological polar surface area (TPSA) is 21.3 Å². The van der Waals surface area contributed by atoms with E-state index in [0.717, 1.165) is 18.8 Å². The van der Waals surface area contributed by atoms with Crippen LogP contribution in [-0.2, 0) is 12.0 Å². The van der Waals surface area contributed by atoms with Crippen LogP contribution in [-0.4, -0.2) is 13.7 Å². The van der Waals surface area contributed by atoms with Crippen LogP contribution >= 0.6 is 0 Å². The van der Waals surface area contributed by atoms with E-state index in [1.165, 1.54) is 30.4 Å². The van der Waals surface area contributed by atoms with Gasteiger partial charge in [0.2, 0.25) is 0 Å². The third-order valence-electron chi connectivity index (χ3n) is 3.95. The normalized spacial score (nSPS) is 21.9. The highest BCUT2D eigenvalue weighted by atomic mass is 16.5. The lowest BCUT2D eigenvalue weighted by Crippen LogP contribution is -2.48. The van der Waals surface area contributed by atoms with Gasteiger partial charge < -0.3 is 10.1 Å². The van der Waals surface area contributed by atoms with Gasteiger partial charge in [-0.25, -0.2) is 0 Å². The summed E-state index contributed by atoms with van der Waals surface area (Å²) in [5, 5.41) is 3.53. The van der Waals surface area contributed by atoms with E-state index in [2.05, 4.69) is 23.5 Å². The Morgan fingerprint density at radius 3 is 2.87 bits per heavy atom. The average Bonchev–Trinajstić information content (AvgIpc) is 2.25. The molecule has 1 spiro atoms. The monoisotopic (exact) mass is 203 g/mol. The molecule has 0 atom stereocenters. The van der Waals surface area contributed by atoms with Crippen molar-refractivity contribution in [1.29, 1.82) is 0 Å².